The molecule has 0 amide bonds. The van der Waals surface area contributed by atoms with Crippen LogP contribution in [-0.2, 0) is 15.8 Å². The van der Waals surface area contributed by atoms with Crippen molar-refractivity contribution in [2.45, 2.75) is 41.2 Å². The van der Waals surface area contributed by atoms with Crippen molar-refractivity contribution in [2.75, 3.05) is 25.0 Å². The molecule has 3 aromatic rings. The Hall–Kier alpha value is -2.27. The molecule has 10 heteroatoms. The minimum absolute atomic E-state index is 0.0649. The van der Waals surface area contributed by atoms with Crippen molar-refractivity contribution in [3.8, 4) is 0 Å². The Morgan fingerprint density at radius 1 is 1.09 bits per heavy atom. The molecule has 1 fully saturated rings. The maximum Gasteiger partial charge on any atom is 0.243 e. The van der Waals surface area contributed by atoms with Crippen LogP contribution in [0.25, 0.3) is 0 Å². The van der Waals surface area contributed by atoms with Crippen LogP contribution in [0.4, 0.5) is 5.13 Å². The van der Waals surface area contributed by atoms with Crippen molar-refractivity contribution in [3.05, 3.63) is 65.2 Å². The summed E-state index contributed by atoms with van der Waals surface area (Å²) in [6, 6.07) is 14.5. The molecule has 1 aliphatic heterocycles. The maximum absolute atomic E-state index is 12.8. The van der Waals surface area contributed by atoms with Gasteiger partial charge in [-0.15, -0.1) is 10.2 Å². The topological polar surface area (TPSA) is 92.3 Å². The van der Waals surface area contributed by atoms with Crippen LogP contribution in [0, 0.1) is 6.92 Å². The van der Waals surface area contributed by atoms with Gasteiger partial charge in [0.1, 0.15) is 0 Å². The van der Waals surface area contributed by atoms with Crippen LogP contribution in [0.1, 0.15) is 40.7 Å². The average molecular weight is 503 g/mol. The molecule has 0 unspecified atom stereocenters. The van der Waals surface area contributed by atoms with E-state index in [0.717, 1.165) is 29.4 Å². The zero-order chi connectivity index (χ0) is 23.3. The molecule has 0 spiro atoms. The van der Waals surface area contributed by atoms with E-state index in [-0.39, 0.29) is 17.2 Å². The first-order chi connectivity index (χ1) is 15.9. The van der Waals surface area contributed by atoms with E-state index < -0.39 is 10.0 Å². The predicted molar refractivity (Wildman–Crippen MR) is 133 cm³/mol. The van der Waals surface area contributed by atoms with Crippen molar-refractivity contribution < 1.29 is 13.2 Å². The van der Waals surface area contributed by atoms with Gasteiger partial charge in [0.2, 0.25) is 15.2 Å². The van der Waals surface area contributed by atoms with Gasteiger partial charge in [-0.05, 0) is 49.6 Å². The van der Waals surface area contributed by atoms with Crippen molar-refractivity contribution >= 4 is 44.0 Å². The molecule has 0 atom stereocenters. The summed E-state index contributed by atoms with van der Waals surface area (Å²) in [6.07, 6.45) is 2.84. The second-order valence-electron chi connectivity index (χ2n) is 7.92. The lowest BCUT2D eigenvalue weighted by Gasteiger charge is -2.25. The van der Waals surface area contributed by atoms with Crippen LogP contribution in [0.3, 0.4) is 0 Å². The van der Waals surface area contributed by atoms with Gasteiger partial charge in [-0.25, -0.2) is 8.42 Å². The fourth-order valence-electron chi connectivity index (χ4n) is 3.61. The van der Waals surface area contributed by atoms with Gasteiger partial charge in [-0.3, -0.25) is 4.79 Å². The van der Waals surface area contributed by atoms with Crippen LogP contribution in [0.15, 0.2) is 57.8 Å². The normalized spacial score (nSPS) is 14.8. The molecule has 174 valence electrons. The summed E-state index contributed by atoms with van der Waals surface area (Å²) >= 11 is 3.02. The van der Waals surface area contributed by atoms with Crippen molar-refractivity contribution in [1.29, 1.82) is 0 Å². The lowest BCUT2D eigenvalue weighted by molar-refractivity contribution is 0.101. The van der Waals surface area contributed by atoms with Gasteiger partial charge in [-0.1, -0.05) is 59.3 Å². The molecule has 2 heterocycles. The molecule has 7 nitrogen and oxygen atoms in total. The minimum atomic E-state index is -3.50. The quantitative estimate of drug-likeness (QED) is 0.337. The zero-order valence-electron chi connectivity index (χ0n) is 18.4. The highest BCUT2D eigenvalue weighted by Gasteiger charge is 2.25. The Morgan fingerprint density at radius 2 is 1.85 bits per heavy atom. The Morgan fingerprint density at radius 3 is 2.58 bits per heavy atom. The van der Waals surface area contributed by atoms with E-state index >= 15 is 0 Å². The SMILES string of the molecule is Cc1cccc(CSc2nnc(NCC(=O)c3ccc(S(=O)(=O)N4CCCCC4)cc3)s2)c1. The fourth-order valence-corrected chi connectivity index (χ4v) is 6.82. The second kappa shape index (κ2) is 10.8. The van der Waals surface area contributed by atoms with E-state index in [0.29, 0.717) is 23.8 Å². The van der Waals surface area contributed by atoms with E-state index in [1.807, 2.05) is 6.07 Å². The summed E-state index contributed by atoms with van der Waals surface area (Å²) in [5.41, 5.74) is 2.91. The monoisotopic (exact) mass is 502 g/mol. The average Bonchev–Trinajstić information content (AvgIpc) is 3.30. The third kappa shape index (κ3) is 6.20. The lowest BCUT2D eigenvalue weighted by atomic mass is 10.1. The molecular weight excluding hydrogens is 476 g/mol. The number of Topliss-reactive ketones (excluding diaryl/α,β-unsaturated/α-hetero) is 1. The Bertz CT molecular complexity index is 1200. The van der Waals surface area contributed by atoms with Crippen molar-refractivity contribution in [3.63, 3.8) is 0 Å². The predicted octanol–water partition coefficient (Wildman–Crippen LogP) is 4.61. The Balaban J connectivity index is 1.30. The number of carbonyl (C=O) groups is 1. The van der Waals surface area contributed by atoms with E-state index in [1.54, 1.807) is 23.9 Å². The number of sulfonamides is 1. The van der Waals surface area contributed by atoms with Gasteiger partial charge in [0.25, 0.3) is 0 Å². The van der Waals surface area contributed by atoms with Gasteiger partial charge < -0.3 is 5.32 Å². The Kier molecular flexibility index (Phi) is 7.79. The van der Waals surface area contributed by atoms with Crippen LogP contribution in [0.2, 0.25) is 0 Å². The molecule has 33 heavy (non-hydrogen) atoms. The van der Waals surface area contributed by atoms with Crippen molar-refractivity contribution in [2.24, 2.45) is 0 Å². The Labute approximate surface area is 202 Å². The number of hydrogen-bond donors (Lipinski definition) is 1. The van der Waals surface area contributed by atoms with Crippen LogP contribution in [0.5, 0.6) is 0 Å². The molecule has 1 N–H and O–H groups in total. The minimum Gasteiger partial charge on any atom is -0.353 e. The van der Waals surface area contributed by atoms with E-state index in [1.165, 1.54) is 38.9 Å². The molecule has 2 aromatic carbocycles. The molecule has 1 aromatic heterocycles. The highest BCUT2D eigenvalue weighted by molar-refractivity contribution is 8.00. The largest absolute Gasteiger partial charge is 0.353 e. The van der Waals surface area contributed by atoms with Crippen LogP contribution in [-0.4, -0.2) is 48.3 Å². The summed E-state index contributed by atoms with van der Waals surface area (Å²) in [6.45, 7) is 3.24. The van der Waals surface area contributed by atoms with E-state index in [4.69, 9.17) is 0 Å². The first kappa shape index (κ1) is 23.9. The smallest absolute Gasteiger partial charge is 0.243 e. The number of carbonyl (C=O) groups excluding carboxylic acids is 1. The van der Waals surface area contributed by atoms with Gasteiger partial charge in [0, 0.05) is 24.4 Å². The standard InChI is InChI=1S/C23H26N4O3S3/c1-17-6-5-7-18(14-17)16-31-23-26-25-22(32-23)24-15-21(28)19-8-10-20(11-9-19)33(29,30)27-12-3-2-4-13-27/h5-11,14H,2-4,12-13,15-16H2,1H3,(H,24,25). The molecule has 1 saturated heterocycles. The van der Waals surface area contributed by atoms with Crippen LogP contribution < -0.4 is 5.32 Å². The fraction of sp³-hybridized carbons (Fsp3) is 0.348. The number of aryl methyl sites for hydroxylation is 1. The number of nitrogens with zero attached hydrogens (tertiary/aromatic N) is 3. The molecule has 0 bridgehead atoms. The summed E-state index contributed by atoms with van der Waals surface area (Å²) in [5, 5.41) is 11.9. The van der Waals surface area contributed by atoms with E-state index in [2.05, 4.69) is 40.6 Å². The number of aromatic nitrogens is 2. The molecule has 4 rings (SSSR count). The summed E-state index contributed by atoms with van der Waals surface area (Å²) < 4.78 is 27.9. The number of hydrogen-bond acceptors (Lipinski definition) is 8. The third-order valence-corrected chi connectivity index (χ3v) is 9.38. The molecule has 0 radical (unpaired) electrons. The van der Waals surface area contributed by atoms with E-state index in [9.17, 15) is 13.2 Å². The summed E-state index contributed by atoms with van der Waals surface area (Å²) in [4.78, 5) is 12.8. The number of nitrogens with one attached hydrogen (secondary N) is 1. The molecule has 0 aliphatic carbocycles. The highest BCUT2D eigenvalue weighted by Crippen LogP contribution is 2.28. The zero-order valence-corrected chi connectivity index (χ0v) is 20.8. The summed E-state index contributed by atoms with van der Waals surface area (Å²) in [5.74, 6) is 0.670. The van der Waals surface area contributed by atoms with Gasteiger partial charge in [-0.2, -0.15) is 4.31 Å². The maximum atomic E-state index is 12.8. The lowest BCUT2D eigenvalue weighted by Crippen LogP contribution is -2.35. The third-order valence-electron chi connectivity index (χ3n) is 5.38. The summed E-state index contributed by atoms with van der Waals surface area (Å²) in [7, 11) is -3.50. The van der Waals surface area contributed by atoms with Gasteiger partial charge in [0.15, 0.2) is 10.1 Å². The number of ketones is 1. The second-order valence-corrected chi connectivity index (χ2v) is 12.1. The first-order valence-corrected chi connectivity index (χ1v) is 14.1. The molecular formula is C23H26N4O3S3. The highest BCUT2D eigenvalue weighted by atomic mass is 32.2. The number of anilines is 1. The number of rotatable bonds is 9. The van der Waals surface area contributed by atoms with Gasteiger partial charge >= 0.3 is 0 Å². The number of benzene rings is 2. The number of piperidine rings is 1. The molecule has 1 aliphatic rings. The first-order valence-electron chi connectivity index (χ1n) is 10.8. The molecule has 0 saturated carbocycles. The number of thioether (sulfide) groups is 1. The van der Waals surface area contributed by atoms with Crippen molar-refractivity contribution in [1.82, 2.24) is 14.5 Å². The van der Waals surface area contributed by atoms with Gasteiger partial charge in [0.05, 0.1) is 11.4 Å². The van der Waals surface area contributed by atoms with Crippen LogP contribution >= 0.6 is 23.1 Å².